The molecule has 52 valence electrons. The molecule has 1 aliphatic rings. The molecule has 0 spiro atoms. The first-order valence-corrected chi connectivity index (χ1v) is 3.11. The van der Waals surface area contributed by atoms with Crippen molar-refractivity contribution in [2.45, 2.75) is 31.3 Å². The lowest BCUT2D eigenvalue weighted by Gasteiger charge is -2.14. The molecule has 0 atom stereocenters. The summed E-state index contributed by atoms with van der Waals surface area (Å²) in [6.45, 7) is 0. The minimum Gasteiger partial charge on any atom is -0.479 e. The average molecular weight is 130 g/mol. The Bertz CT molecular complexity index is 124. The summed E-state index contributed by atoms with van der Waals surface area (Å²) in [6.07, 6.45) is 2.51. The zero-order valence-corrected chi connectivity index (χ0v) is 5.13. The fraction of sp³-hybridized carbons (Fsp3) is 0.833. The Balaban J connectivity index is 2.61. The summed E-state index contributed by atoms with van der Waals surface area (Å²) in [5.74, 6) is -1.07. The Morgan fingerprint density at radius 1 is 1.33 bits per heavy atom. The highest BCUT2D eigenvalue weighted by molar-refractivity contribution is 5.77. The Kier molecular flexibility index (Phi) is 1.45. The summed E-state index contributed by atoms with van der Waals surface area (Å²) in [4.78, 5) is 10.3. The molecule has 0 amide bonds. The van der Waals surface area contributed by atoms with Gasteiger partial charge >= 0.3 is 5.97 Å². The molecule has 0 radical (unpaired) electrons. The Morgan fingerprint density at radius 3 is 2.00 bits per heavy atom. The molecule has 1 saturated carbocycles. The van der Waals surface area contributed by atoms with Crippen molar-refractivity contribution in [3.8, 4) is 0 Å². The molecule has 1 aliphatic carbocycles. The fourth-order valence-electron chi connectivity index (χ4n) is 1.17. The van der Waals surface area contributed by atoms with Gasteiger partial charge in [0.15, 0.2) is 5.60 Å². The van der Waals surface area contributed by atoms with E-state index in [1.165, 1.54) is 0 Å². The van der Waals surface area contributed by atoms with Crippen LogP contribution in [0.15, 0.2) is 0 Å². The highest BCUT2D eigenvalue weighted by atomic mass is 16.4. The molecule has 0 aromatic heterocycles. The maximum absolute atomic E-state index is 10.3. The topological polar surface area (TPSA) is 57.5 Å². The molecule has 9 heavy (non-hydrogen) atoms. The Labute approximate surface area is 53.3 Å². The van der Waals surface area contributed by atoms with Crippen molar-refractivity contribution in [1.29, 1.82) is 0 Å². The van der Waals surface area contributed by atoms with Gasteiger partial charge in [0.2, 0.25) is 0 Å². The van der Waals surface area contributed by atoms with Gasteiger partial charge in [-0.05, 0) is 25.7 Å². The lowest BCUT2D eigenvalue weighted by molar-refractivity contribution is -0.157. The number of aliphatic carboxylic acids is 1. The van der Waals surface area contributed by atoms with Gasteiger partial charge in [-0.3, -0.25) is 0 Å². The van der Waals surface area contributed by atoms with Gasteiger partial charge in [-0.2, -0.15) is 0 Å². The average Bonchev–Trinajstić information content (AvgIpc) is 2.16. The van der Waals surface area contributed by atoms with Crippen LogP contribution < -0.4 is 0 Å². The second kappa shape index (κ2) is 1.99. The summed E-state index contributed by atoms with van der Waals surface area (Å²) in [5, 5.41) is 17.6. The van der Waals surface area contributed by atoms with E-state index in [4.69, 9.17) is 10.2 Å². The van der Waals surface area contributed by atoms with Gasteiger partial charge in [0.1, 0.15) is 0 Å². The second-order valence-corrected chi connectivity index (χ2v) is 2.54. The second-order valence-electron chi connectivity index (χ2n) is 2.54. The van der Waals surface area contributed by atoms with Gasteiger partial charge in [0.25, 0.3) is 0 Å². The van der Waals surface area contributed by atoms with Gasteiger partial charge in [-0.1, -0.05) is 0 Å². The van der Waals surface area contributed by atoms with E-state index in [1.807, 2.05) is 0 Å². The monoisotopic (exact) mass is 130 g/mol. The van der Waals surface area contributed by atoms with Crippen LogP contribution in [0, 0.1) is 0 Å². The van der Waals surface area contributed by atoms with Gasteiger partial charge in [-0.25, -0.2) is 4.79 Å². The molecule has 0 saturated heterocycles. The predicted octanol–water partition coefficient (Wildman–Crippen LogP) is 0.376. The van der Waals surface area contributed by atoms with E-state index in [0.717, 1.165) is 12.8 Å². The maximum Gasteiger partial charge on any atom is 0.335 e. The third kappa shape index (κ3) is 1.05. The lowest BCUT2D eigenvalue weighted by Crippen LogP contribution is -2.34. The summed E-state index contributed by atoms with van der Waals surface area (Å²) in [7, 11) is 0. The molecule has 2 N–H and O–H groups in total. The number of carboxylic acids is 1. The highest BCUT2D eigenvalue weighted by Crippen LogP contribution is 2.29. The molecule has 0 unspecified atom stereocenters. The van der Waals surface area contributed by atoms with Crippen molar-refractivity contribution >= 4 is 5.97 Å². The first-order valence-electron chi connectivity index (χ1n) is 3.11. The van der Waals surface area contributed by atoms with Crippen molar-refractivity contribution < 1.29 is 15.0 Å². The number of carbonyl (C=O) groups is 1. The van der Waals surface area contributed by atoms with Gasteiger partial charge in [-0.15, -0.1) is 0 Å². The molecular weight excluding hydrogens is 120 g/mol. The third-order valence-corrected chi connectivity index (χ3v) is 1.83. The van der Waals surface area contributed by atoms with Gasteiger partial charge < -0.3 is 10.2 Å². The van der Waals surface area contributed by atoms with Crippen molar-refractivity contribution in [2.75, 3.05) is 0 Å². The number of carboxylic acid groups (broad SMARTS) is 1. The molecule has 1 fully saturated rings. The summed E-state index contributed by atoms with van der Waals surface area (Å²) in [6, 6.07) is 0. The highest BCUT2D eigenvalue weighted by Gasteiger charge is 2.38. The Hall–Kier alpha value is -0.570. The largest absolute Gasteiger partial charge is 0.479 e. The van der Waals surface area contributed by atoms with Crippen LogP contribution in [0.3, 0.4) is 0 Å². The van der Waals surface area contributed by atoms with Crippen LogP contribution in [0.2, 0.25) is 0 Å². The first kappa shape index (κ1) is 6.55. The minimum absolute atomic E-state index is 0.419. The third-order valence-electron chi connectivity index (χ3n) is 1.83. The van der Waals surface area contributed by atoms with E-state index < -0.39 is 11.6 Å². The van der Waals surface area contributed by atoms with E-state index in [2.05, 4.69) is 0 Å². The van der Waals surface area contributed by atoms with Crippen molar-refractivity contribution in [3.63, 3.8) is 0 Å². The maximum atomic E-state index is 10.3. The first-order chi connectivity index (χ1) is 4.15. The molecule has 3 heteroatoms. The van der Waals surface area contributed by atoms with E-state index >= 15 is 0 Å². The van der Waals surface area contributed by atoms with Crippen LogP contribution in [0.4, 0.5) is 0 Å². The fourth-order valence-corrected chi connectivity index (χ4v) is 1.17. The molecular formula is C6H10O3. The van der Waals surface area contributed by atoms with Gasteiger partial charge in [0, 0.05) is 0 Å². The van der Waals surface area contributed by atoms with Crippen molar-refractivity contribution in [2.24, 2.45) is 0 Å². The van der Waals surface area contributed by atoms with E-state index in [0.29, 0.717) is 12.8 Å². The van der Waals surface area contributed by atoms with Crippen LogP contribution >= 0.6 is 0 Å². The summed E-state index contributed by atoms with van der Waals surface area (Å²) >= 11 is 0. The van der Waals surface area contributed by atoms with Gasteiger partial charge in [0.05, 0.1) is 0 Å². The predicted molar refractivity (Wildman–Crippen MR) is 31.1 cm³/mol. The van der Waals surface area contributed by atoms with Crippen LogP contribution in [-0.2, 0) is 4.79 Å². The zero-order chi connectivity index (χ0) is 6.91. The number of rotatable bonds is 1. The van der Waals surface area contributed by atoms with E-state index in [9.17, 15) is 4.79 Å². The van der Waals surface area contributed by atoms with Crippen LogP contribution in [0.1, 0.15) is 25.7 Å². The van der Waals surface area contributed by atoms with Crippen molar-refractivity contribution in [1.82, 2.24) is 0 Å². The number of hydrogen-bond acceptors (Lipinski definition) is 2. The van der Waals surface area contributed by atoms with Crippen LogP contribution in [0.5, 0.6) is 0 Å². The zero-order valence-electron chi connectivity index (χ0n) is 5.13. The van der Waals surface area contributed by atoms with Crippen LogP contribution in [-0.4, -0.2) is 21.8 Å². The summed E-state index contributed by atoms with van der Waals surface area (Å²) in [5.41, 5.74) is -1.39. The molecule has 0 bridgehead atoms. The quantitative estimate of drug-likeness (QED) is 0.539. The molecule has 3 nitrogen and oxygen atoms in total. The molecule has 1 rings (SSSR count). The lowest BCUT2D eigenvalue weighted by atomic mass is 10.0. The Morgan fingerprint density at radius 2 is 1.78 bits per heavy atom. The normalized spacial score (nSPS) is 24.1. The SMILES string of the molecule is O=C(O)C1(O)CCCC1. The number of hydrogen-bond donors (Lipinski definition) is 2. The smallest absolute Gasteiger partial charge is 0.335 e. The van der Waals surface area contributed by atoms with E-state index in [-0.39, 0.29) is 0 Å². The van der Waals surface area contributed by atoms with E-state index in [1.54, 1.807) is 0 Å². The molecule has 0 heterocycles. The number of aliphatic hydroxyl groups is 1. The van der Waals surface area contributed by atoms with Crippen LogP contribution in [0.25, 0.3) is 0 Å². The molecule has 0 aliphatic heterocycles. The molecule has 0 aromatic rings. The molecule has 0 aromatic carbocycles. The minimum atomic E-state index is -1.39. The van der Waals surface area contributed by atoms with Crippen molar-refractivity contribution in [3.05, 3.63) is 0 Å². The standard InChI is InChI=1S/C6H10O3/c7-5(8)6(9)3-1-2-4-6/h9H,1-4H2,(H,7,8). The summed E-state index contributed by atoms with van der Waals surface area (Å²) < 4.78 is 0.